The Labute approximate surface area is 169 Å². The highest BCUT2D eigenvalue weighted by Gasteiger charge is 2.12. The average Bonchev–Trinajstić information content (AvgIpc) is 3.19. The average molecular weight is 401 g/mol. The van der Waals surface area contributed by atoms with Crippen molar-refractivity contribution in [3.63, 3.8) is 0 Å². The fourth-order valence-corrected chi connectivity index (χ4v) is 4.46. The van der Waals surface area contributed by atoms with Crippen LogP contribution >= 0.6 is 11.3 Å². The summed E-state index contributed by atoms with van der Waals surface area (Å²) in [6.45, 7) is 0.525. The van der Waals surface area contributed by atoms with Crippen molar-refractivity contribution in [2.45, 2.75) is 13.0 Å². The van der Waals surface area contributed by atoms with E-state index >= 15 is 0 Å². The van der Waals surface area contributed by atoms with Gasteiger partial charge in [-0.05, 0) is 36.4 Å². The second-order valence-corrected chi connectivity index (χ2v) is 7.75. The summed E-state index contributed by atoms with van der Waals surface area (Å²) < 4.78 is 16.0. The smallest absolute Gasteiger partial charge is 0.259 e. The molecule has 4 nitrogen and oxygen atoms in total. The number of aromatic nitrogens is 3. The first kappa shape index (κ1) is 17.7. The number of thiophene rings is 1. The maximum atomic E-state index is 13.3. The van der Waals surface area contributed by atoms with E-state index in [4.69, 9.17) is 0 Å². The summed E-state index contributed by atoms with van der Waals surface area (Å²) in [6, 6.07) is 14.1. The Bertz CT molecular complexity index is 1390. The minimum atomic E-state index is -0.271. The Morgan fingerprint density at radius 2 is 2.03 bits per heavy atom. The molecule has 0 aliphatic rings. The normalized spacial score (nSPS) is 11.3. The lowest BCUT2D eigenvalue weighted by Gasteiger charge is -2.08. The number of fused-ring (bicyclic) bond motifs is 2. The van der Waals surface area contributed by atoms with Crippen LogP contribution in [0.15, 0.2) is 77.3 Å². The summed E-state index contributed by atoms with van der Waals surface area (Å²) in [4.78, 5) is 21.9. The van der Waals surface area contributed by atoms with E-state index in [0.29, 0.717) is 13.0 Å². The van der Waals surface area contributed by atoms with E-state index in [1.54, 1.807) is 34.4 Å². The molecule has 0 N–H and O–H groups in total. The molecule has 0 unspecified atom stereocenters. The van der Waals surface area contributed by atoms with Crippen LogP contribution in [0.5, 0.6) is 0 Å². The van der Waals surface area contributed by atoms with Gasteiger partial charge in [-0.25, -0.2) is 4.39 Å². The third kappa shape index (κ3) is 3.32. The molecule has 4 aromatic heterocycles. The number of rotatable bonds is 4. The molecule has 0 radical (unpaired) electrons. The lowest BCUT2D eigenvalue weighted by molar-refractivity contribution is 0.629. The van der Waals surface area contributed by atoms with Gasteiger partial charge in [-0.1, -0.05) is 12.1 Å². The van der Waals surface area contributed by atoms with Crippen LogP contribution in [0.25, 0.3) is 32.1 Å². The van der Waals surface area contributed by atoms with E-state index in [1.807, 2.05) is 41.9 Å². The summed E-state index contributed by atoms with van der Waals surface area (Å²) in [6.07, 6.45) is 5.96. The van der Waals surface area contributed by atoms with E-state index in [-0.39, 0.29) is 11.4 Å². The van der Waals surface area contributed by atoms with E-state index in [9.17, 15) is 9.18 Å². The molecule has 0 amide bonds. The molecule has 0 aliphatic carbocycles. The number of hydrogen-bond acceptors (Lipinski definition) is 4. The molecule has 5 aromatic rings. The Hall–Kier alpha value is -3.38. The Morgan fingerprint density at radius 1 is 1.10 bits per heavy atom. The Kier molecular flexibility index (Phi) is 4.41. The fraction of sp³-hybridized carbons (Fsp3) is 0.0870. The Balaban J connectivity index is 1.47. The number of aryl methyl sites for hydroxylation is 2. The molecule has 0 spiro atoms. The molecule has 0 bridgehead atoms. The van der Waals surface area contributed by atoms with Crippen molar-refractivity contribution in [3.05, 3.63) is 94.4 Å². The molecular formula is C23H16FN3OS. The van der Waals surface area contributed by atoms with E-state index in [1.165, 1.54) is 12.1 Å². The Morgan fingerprint density at radius 3 is 2.90 bits per heavy atom. The van der Waals surface area contributed by atoms with Crippen molar-refractivity contribution in [1.29, 1.82) is 0 Å². The van der Waals surface area contributed by atoms with Gasteiger partial charge in [0.1, 0.15) is 5.82 Å². The zero-order chi connectivity index (χ0) is 19.8. The SMILES string of the molecule is O=c1c2c(-c3cccnc3)csc2ccn1CCc1ccc2cc(F)ccc2n1. The monoisotopic (exact) mass is 401 g/mol. The molecule has 0 aliphatic heterocycles. The molecule has 0 saturated carbocycles. The van der Waals surface area contributed by atoms with Crippen molar-refractivity contribution < 1.29 is 4.39 Å². The van der Waals surface area contributed by atoms with Gasteiger partial charge in [-0.3, -0.25) is 14.8 Å². The number of halogens is 1. The molecule has 6 heteroatoms. The summed E-state index contributed by atoms with van der Waals surface area (Å²) in [5, 5.41) is 3.51. The second-order valence-electron chi connectivity index (χ2n) is 6.83. The van der Waals surface area contributed by atoms with E-state index < -0.39 is 0 Å². The molecular weight excluding hydrogens is 385 g/mol. The van der Waals surface area contributed by atoms with E-state index in [0.717, 1.165) is 37.8 Å². The highest BCUT2D eigenvalue weighted by Crippen LogP contribution is 2.31. The van der Waals surface area contributed by atoms with Gasteiger partial charge in [0, 0.05) is 63.8 Å². The topological polar surface area (TPSA) is 47.8 Å². The quantitative estimate of drug-likeness (QED) is 0.423. The van der Waals surface area contributed by atoms with Gasteiger partial charge in [-0.15, -0.1) is 11.3 Å². The van der Waals surface area contributed by atoms with Crippen LogP contribution in [0, 0.1) is 5.82 Å². The first-order valence-electron chi connectivity index (χ1n) is 9.25. The molecule has 0 atom stereocenters. The lowest BCUT2D eigenvalue weighted by Crippen LogP contribution is -2.20. The molecule has 29 heavy (non-hydrogen) atoms. The van der Waals surface area contributed by atoms with Crippen LogP contribution < -0.4 is 5.56 Å². The lowest BCUT2D eigenvalue weighted by atomic mass is 10.1. The summed E-state index contributed by atoms with van der Waals surface area (Å²) >= 11 is 1.56. The van der Waals surface area contributed by atoms with Crippen LogP contribution in [-0.2, 0) is 13.0 Å². The van der Waals surface area contributed by atoms with Crippen molar-refractivity contribution in [2.24, 2.45) is 0 Å². The van der Waals surface area contributed by atoms with Gasteiger partial charge >= 0.3 is 0 Å². The fourth-order valence-electron chi connectivity index (χ4n) is 3.51. The number of pyridine rings is 3. The van der Waals surface area contributed by atoms with Crippen molar-refractivity contribution in [3.8, 4) is 11.1 Å². The minimum Gasteiger partial charge on any atom is -0.315 e. The molecule has 1 aromatic carbocycles. The number of benzene rings is 1. The van der Waals surface area contributed by atoms with Crippen molar-refractivity contribution in [2.75, 3.05) is 0 Å². The third-order valence-electron chi connectivity index (χ3n) is 4.99. The van der Waals surface area contributed by atoms with Gasteiger partial charge in [0.25, 0.3) is 5.56 Å². The molecule has 0 fully saturated rings. The first-order chi connectivity index (χ1) is 14.2. The third-order valence-corrected chi connectivity index (χ3v) is 5.94. The van der Waals surface area contributed by atoms with E-state index in [2.05, 4.69) is 9.97 Å². The largest absolute Gasteiger partial charge is 0.315 e. The molecule has 0 saturated heterocycles. The van der Waals surface area contributed by atoms with Crippen LogP contribution in [0.3, 0.4) is 0 Å². The summed E-state index contributed by atoms with van der Waals surface area (Å²) in [7, 11) is 0. The maximum Gasteiger partial charge on any atom is 0.259 e. The van der Waals surface area contributed by atoms with Gasteiger partial charge in [0.15, 0.2) is 0 Å². The molecule has 4 heterocycles. The van der Waals surface area contributed by atoms with Crippen molar-refractivity contribution >= 4 is 32.3 Å². The highest BCUT2D eigenvalue weighted by molar-refractivity contribution is 7.17. The molecule has 142 valence electrons. The summed E-state index contributed by atoms with van der Waals surface area (Å²) in [5.74, 6) is -0.271. The van der Waals surface area contributed by atoms with Gasteiger partial charge in [0.2, 0.25) is 0 Å². The zero-order valence-electron chi connectivity index (χ0n) is 15.4. The molecule has 5 rings (SSSR count). The predicted octanol–water partition coefficient (Wildman–Crippen LogP) is 5.06. The number of nitrogens with zero attached hydrogens (tertiary/aromatic N) is 3. The standard InChI is InChI=1S/C23H16FN3OS/c24-17-4-6-20-15(12-17)3-5-18(26-20)7-10-27-11-8-21-22(23(27)28)19(14-29-21)16-2-1-9-25-13-16/h1-6,8-9,11-14H,7,10H2. The highest BCUT2D eigenvalue weighted by atomic mass is 32.1. The number of hydrogen-bond donors (Lipinski definition) is 0. The minimum absolute atomic E-state index is 0.00883. The van der Waals surface area contributed by atoms with Gasteiger partial charge in [0.05, 0.1) is 10.9 Å². The second kappa shape index (κ2) is 7.22. The summed E-state index contributed by atoms with van der Waals surface area (Å²) in [5.41, 5.74) is 3.48. The first-order valence-corrected chi connectivity index (χ1v) is 10.1. The van der Waals surface area contributed by atoms with Crippen LogP contribution in [-0.4, -0.2) is 14.5 Å². The van der Waals surface area contributed by atoms with Crippen LogP contribution in [0.1, 0.15) is 5.69 Å². The zero-order valence-corrected chi connectivity index (χ0v) is 16.2. The maximum absolute atomic E-state index is 13.3. The predicted molar refractivity (Wildman–Crippen MR) is 115 cm³/mol. The van der Waals surface area contributed by atoms with Gasteiger partial charge < -0.3 is 4.57 Å². The van der Waals surface area contributed by atoms with Crippen molar-refractivity contribution in [1.82, 2.24) is 14.5 Å². The van der Waals surface area contributed by atoms with Crippen LogP contribution in [0.4, 0.5) is 4.39 Å². The van der Waals surface area contributed by atoms with Gasteiger partial charge in [-0.2, -0.15) is 0 Å². The van der Waals surface area contributed by atoms with Crippen LogP contribution in [0.2, 0.25) is 0 Å².